The summed E-state index contributed by atoms with van der Waals surface area (Å²) in [5.41, 5.74) is 8.35. The molecule has 1 aromatic carbocycles. The third-order valence-corrected chi connectivity index (χ3v) is 2.17. The molecule has 1 nitrogen and oxygen atoms in total. The Hall–Kier alpha value is -1.08. The van der Waals surface area contributed by atoms with Crippen LogP contribution in [0.3, 0.4) is 0 Å². The highest BCUT2D eigenvalue weighted by atomic mass is 14.6. The number of hydrogen-bond donors (Lipinski definition) is 1. The standard InChI is InChI=1S/C12H17N/c1-3-6-12(13)11-8-5-7-10(4-2)9-11/h4-5,7-9,12H,2-3,6,13H2,1H3/t12-/m1/s1. The van der Waals surface area contributed by atoms with Crippen LogP contribution in [0, 0.1) is 0 Å². The Morgan fingerprint density at radius 3 is 2.92 bits per heavy atom. The number of nitrogens with two attached hydrogens (primary N) is 1. The van der Waals surface area contributed by atoms with Gasteiger partial charge in [-0.1, -0.05) is 50.3 Å². The normalized spacial score (nSPS) is 12.5. The van der Waals surface area contributed by atoms with Gasteiger partial charge in [0, 0.05) is 6.04 Å². The molecule has 0 aliphatic heterocycles. The summed E-state index contributed by atoms with van der Waals surface area (Å²) >= 11 is 0. The summed E-state index contributed by atoms with van der Waals surface area (Å²) in [5.74, 6) is 0. The molecule has 0 saturated carbocycles. The van der Waals surface area contributed by atoms with Crippen molar-refractivity contribution in [1.29, 1.82) is 0 Å². The van der Waals surface area contributed by atoms with Crippen LogP contribution in [-0.4, -0.2) is 0 Å². The van der Waals surface area contributed by atoms with E-state index in [1.165, 1.54) is 5.56 Å². The van der Waals surface area contributed by atoms with E-state index < -0.39 is 0 Å². The predicted molar refractivity (Wildman–Crippen MR) is 58.4 cm³/mol. The highest BCUT2D eigenvalue weighted by Crippen LogP contribution is 2.17. The molecule has 1 atom stereocenters. The van der Waals surface area contributed by atoms with Crippen molar-refractivity contribution in [2.45, 2.75) is 25.8 Å². The summed E-state index contributed by atoms with van der Waals surface area (Å²) in [7, 11) is 0. The van der Waals surface area contributed by atoms with Crippen molar-refractivity contribution in [2.24, 2.45) is 5.73 Å². The fourth-order valence-corrected chi connectivity index (χ4v) is 1.39. The Kier molecular flexibility index (Phi) is 3.71. The first-order valence-electron chi connectivity index (χ1n) is 4.76. The van der Waals surface area contributed by atoms with Crippen LogP contribution in [-0.2, 0) is 0 Å². The summed E-state index contributed by atoms with van der Waals surface area (Å²) in [5, 5.41) is 0. The summed E-state index contributed by atoms with van der Waals surface area (Å²) < 4.78 is 0. The summed E-state index contributed by atoms with van der Waals surface area (Å²) in [6.07, 6.45) is 4.02. The molecule has 0 aliphatic carbocycles. The van der Waals surface area contributed by atoms with E-state index in [1.807, 2.05) is 18.2 Å². The van der Waals surface area contributed by atoms with E-state index in [2.05, 4.69) is 25.6 Å². The van der Waals surface area contributed by atoms with Crippen molar-refractivity contribution >= 4 is 6.08 Å². The summed E-state index contributed by atoms with van der Waals surface area (Å²) in [4.78, 5) is 0. The van der Waals surface area contributed by atoms with E-state index >= 15 is 0 Å². The van der Waals surface area contributed by atoms with Crippen molar-refractivity contribution < 1.29 is 0 Å². The molecule has 1 heteroatoms. The predicted octanol–water partition coefficient (Wildman–Crippen LogP) is 3.13. The molecule has 0 aromatic heterocycles. The molecule has 0 spiro atoms. The lowest BCUT2D eigenvalue weighted by Gasteiger charge is -2.10. The van der Waals surface area contributed by atoms with E-state index in [0.717, 1.165) is 18.4 Å². The molecule has 0 bridgehead atoms. The van der Waals surface area contributed by atoms with Gasteiger partial charge in [0.1, 0.15) is 0 Å². The summed E-state index contributed by atoms with van der Waals surface area (Å²) in [6.45, 7) is 5.89. The molecule has 0 heterocycles. The molecular formula is C12H17N. The van der Waals surface area contributed by atoms with E-state index in [9.17, 15) is 0 Å². The zero-order chi connectivity index (χ0) is 9.68. The minimum Gasteiger partial charge on any atom is -0.324 e. The molecule has 0 radical (unpaired) electrons. The lowest BCUT2D eigenvalue weighted by Crippen LogP contribution is -2.09. The highest BCUT2D eigenvalue weighted by molar-refractivity contribution is 5.48. The van der Waals surface area contributed by atoms with Crippen LogP contribution in [0.1, 0.15) is 36.9 Å². The van der Waals surface area contributed by atoms with Crippen molar-refractivity contribution in [3.8, 4) is 0 Å². The quantitative estimate of drug-likeness (QED) is 0.747. The van der Waals surface area contributed by atoms with Gasteiger partial charge in [-0.05, 0) is 17.5 Å². The van der Waals surface area contributed by atoms with Crippen molar-refractivity contribution in [3.05, 3.63) is 42.0 Å². The van der Waals surface area contributed by atoms with Gasteiger partial charge in [-0.15, -0.1) is 0 Å². The van der Waals surface area contributed by atoms with Gasteiger partial charge >= 0.3 is 0 Å². The molecule has 13 heavy (non-hydrogen) atoms. The fourth-order valence-electron chi connectivity index (χ4n) is 1.39. The van der Waals surface area contributed by atoms with E-state index in [-0.39, 0.29) is 6.04 Å². The van der Waals surface area contributed by atoms with Gasteiger partial charge in [-0.2, -0.15) is 0 Å². The van der Waals surface area contributed by atoms with Gasteiger partial charge in [-0.25, -0.2) is 0 Å². The lowest BCUT2D eigenvalue weighted by atomic mass is 10.0. The molecule has 70 valence electrons. The van der Waals surface area contributed by atoms with Gasteiger partial charge < -0.3 is 5.73 Å². The maximum Gasteiger partial charge on any atom is 0.0294 e. The molecule has 0 saturated heterocycles. The Morgan fingerprint density at radius 1 is 1.54 bits per heavy atom. The van der Waals surface area contributed by atoms with Crippen LogP contribution < -0.4 is 5.73 Å². The van der Waals surface area contributed by atoms with Gasteiger partial charge in [0.15, 0.2) is 0 Å². The molecule has 0 amide bonds. The average Bonchev–Trinajstić information content (AvgIpc) is 2.18. The van der Waals surface area contributed by atoms with Crippen molar-refractivity contribution in [1.82, 2.24) is 0 Å². The number of rotatable bonds is 4. The van der Waals surface area contributed by atoms with E-state index in [1.54, 1.807) is 0 Å². The lowest BCUT2D eigenvalue weighted by molar-refractivity contribution is 0.638. The minimum absolute atomic E-state index is 0.171. The zero-order valence-electron chi connectivity index (χ0n) is 8.16. The van der Waals surface area contributed by atoms with Crippen molar-refractivity contribution in [3.63, 3.8) is 0 Å². The first kappa shape index (κ1) is 10.0. The molecule has 1 aromatic rings. The molecule has 0 fully saturated rings. The minimum atomic E-state index is 0.171. The number of benzene rings is 1. The van der Waals surface area contributed by atoms with Crippen LogP contribution in [0.4, 0.5) is 0 Å². The van der Waals surface area contributed by atoms with Crippen LogP contribution in [0.5, 0.6) is 0 Å². The Balaban J connectivity index is 2.81. The van der Waals surface area contributed by atoms with Crippen LogP contribution in [0.2, 0.25) is 0 Å². The SMILES string of the molecule is C=Cc1cccc([C@H](N)CCC)c1. The maximum absolute atomic E-state index is 5.99. The molecule has 0 unspecified atom stereocenters. The van der Waals surface area contributed by atoms with Gasteiger partial charge in [0.25, 0.3) is 0 Å². The number of hydrogen-bond acceptors (Lipinski definition) is 1. The Labute approximate surface area is 80.3 Å². The first-order chi connectivity index (χ1) is 6.27. The monoisotopic (exact) mass is 175 g/mol. The molecule has 0 aliphatic rings. The molecular weight excluding hydrogens is 158 g/mol. The Bertz CT molecular complexity index is 278. The smallest absolute Gasteiger partial charge is 0.0294 e. The van der Waals surface area contributed by atoms with Gasteiger partial charge in [0.05, 0.1) is 0 Å². The topological polar surface area (TPSA) is 26.0 Å². The largest absolute Gasteiger partial charge is 0.324 e. The fraction of sp³-hybridized carbons (Fsp3) is 0.333. The first-order valence-corrected chi connectivity index (χ1v) is 4.76. The molecule has 2 N–H and O–H groups in total. The second-order valence-electron chi connectivity index (χ2n) is 3.27. The average molecular weight is 175 g/mol. The van der Waals surface area contributed by atoms with Crippen LogP contribution >= 0.6 is 0 Å². The van der Waals surface area contributed by atoms with E-state index in [4.69, 9.17) is 5.73 Å². The zero-order valence-corrected chi connectivity index (χ0v) is 8.16. The summed E-state index contributed by atoms with van der Waals surface area (Å²) in [6, 6.07) is 8.42. The molecule has 1 rings (SSSR count). The third-order valence-electron chi connectivity index (χ3n) is 2.17. The Morgan fingerprint density at radius 2 is 2.31 bits per heavy atom. The van der Waals surface area contributed by atoms with Gasteiger partial charge in [0.2, 0.25) is 0 Å². The van der Waals surface area contributed by atoms with Crippen molar-refractivity contribution in [2.75, 3.05) is 0 Å². The van der Waals surface area contributed by atoms with Crippen LogP contribution in [0.25, 0.3) is 6.08 Å². The third kappa shape index (κ3) is 2.71. The second-order valence-corrected chi connectivity index (χ2v) is 3.27. The van der Waals surface area contributed by atoms with E-state index in [0.29, 0.717) is 0 Å². The second kappa shape index (κ2) is 4.83. The van der Waals surface area contributed by atoms with Crippen LogP contribution in [0.15, 0.2) is 30.8 Å². The highest BCUT2D eigenvalue weighted by Gasteiger charge is 2.03. The van der Waals surface area contributed by atoms with Gasteiger partial charge in [-0.3, -0.25) is 0 Å². The maximum atomic E-state index is 5.99.